The molecule has 2 aromatic rings. The van der Waals surface area contributed by atoms with Gasteiger partial charge in [-0.15, -0.1) is 0 Å². The zero-order valence-corrected chi connectivity index (χ0v) is 7.91. The summed E-state index contributed by atoms with van der Waals surface area (Å²) in [7, 11) is 1.77. The average Bonchev–Trinajstić information content (AvgIpc) is 2.43. The van der Waals surface area contributed by atoms with Crippen LogP contribution in [0, 0.1) is 12.7 Å². The molecule has 0 saturated heterocycles. The Bertz CT molecular complexity index is 516. The Labute approximate surface area is 80.1 Å². The first-order chi connectivity index (χ1) is 6.63. The quantitative estimate of drug-likeness (QED) is 0.646. The molecule has 0 atom stereocenters. The topological polar surface area (TPSA) is 34.9 Å². The third-order valence-electron chi connectivity index (χ3n) is 2.36. The minimum Gasteiger partial charge on any atom is -0.298 e. The summed E-state index contributed by atoms with van der Waals surface area (Å²) in [4.78, 5) is 10.7. The number of fused-ring (bicyclic) bond motifs is 1. The molecule has 0 saturated carbocycles. The zero-order valence-electron chi connectivity index (χ0n) is 7.91. The highest BCUT2D eigenvalue weighted by Gasteiger charge is 2.10. The Balaban J connectivity index is 2.94. The van der Waals surface area contributed by atoms with E-state index in [0.29, 0.717) is 22.8 Å². The number of aromatic nitrogens is 2. The van der Waals surface area contributed by atoms with Crippen LogP contribution < -0.4 is 0 Å². The van der Waals surface area contributed by atoms with Crippen LogP contribution in [0.4, 0.5) is 4.39 Å². The Morgan fingerprint density at radius 1 is 1.50 bits per heavy atom. The van der Waals surface area contributed by atoms with E-state index < -0.39 is 5.82 Å². The molecular weight excluding hydrogens is 183 g/mol. The van der Waals surface area contributed by atoms with Gasteiger partial charge in [0.1, 0.15) is 11.3 Å². The number of halogens is 1. The molecule has 14 heavy (non-hydrogen) atoms. The Morgan fingerprint density at radius 3 is 2.86 bits per heavy atom. The molecular formula is C10H9FN2O. The van der Waals surface area contributed by atoms with E-state index in [1.165, 1.54) is 12.1 Å². The first-order valence-corrected chi connectivity index (χ1v) is 4.21. The SMILES string of the molecule is Cc1c2cc(F)cc(C=O)c2nn1C. The summed E-state index contributed by atoms with van der Waals surface area (Å²) in [6.07, 6.45) is 0.623. The maximum absolute atomic E-state index is 13.1. The van der Waals surface area contributed by atoms with Crippen LogP contribution in [0.1, 0.15) is 16.1 Å². The van der Waals surface area contributed by atoms with Crippen molar-refractivity contribution >= 4 is 17.2 Å². The summed E-state index contributed by atoms with van der Waals surface area (Å²) < 4.78 is 14.7. The molecule has 0 aliphatic rings. The maximum Gasteiger partial charge on any atom is 0.152 e. The van der Waals surface area contributed by atoms with Crippen LogP contribution in [0.3, 0.4) is 0 Å². The van der Waals surface area contributed by atoms with Gasteiger partial charge in [0.2, 0.25) is 0 Å². The van der Waals surface area contributed by atoms with Crippen molar-refractivity contribution in [1.29, 1.82) is 0 Å². The lowest BCUT2D eigenvalue weighted by Gasteiger charge is -1.94. The lowest BCUT2D eigenvalue weighted by Crippen LogP contribution is -1.91. The van der Waals surface area contributed by atoms with Gasteiger partial charge < -0.3 is 0 Å². The van der Waals surface area contributed by atoms with E-state index in [-0.39, 0.29) is 0 Å². The van der Waals surface area contributed by atoms with E-state index >= 15 is 0 Å². The first kappa shape index (κ1) is 8.87. The highest BCUT2D eigenvalue weighted by Crippen LogP contribution is 2.21. The van der Waals surface area contributed by atoms with Gasteiger partial charge >= 0.3 is 0 Å². The molecule has 0 spiro atoms. The molecule has 0 bridgehead atoms. The van der Waals surface area contributed by atoms with Crippen LogP contribution in [0.2, 0.25) is 0 Å². The monoisotopic (exact) mass is 192 g/mol. The van der Waals surface area contributed by atoms with Gasteiger partial charge in [-0.2, -0.15) is 5.10 Å². The fraction of sp³-hybridized carbons (Fsp3) is 0.200. The van der Waals surface area contributed by atoms with E-state index in [9.17, 15) is 9.18 Å². The number of hydrogen-bond acceptors (Lipinski definition) is 2. The van der Waals surface area contributed by atoms with Crippen LogP contribution >= 0.6 is 0 Å². The second-order valence-electron chi connectivity index (χ2n) is 3.22. The lowest BCUT2D eigenvalue weighted by atomic mass is 10.1. The molecule has 2 rings (SSSR count). The predicted molar refractivity (Wildman–Crippen MR) is 50.8 cm³/mol. The van der Waals surface area contributed by atoms with Gasteiger partial charge in [-0.25, -0.2) is 4.39 Å². The molecule has 1 aromatic carbocycles. The molecule has 0 N–H and O–H groups in total. The van der Waals surface area contributed by atoms with Gasteiger partial charge in [0.25, 0.3) is 0 Å². The second-order valence-corrected chi connectivity index (χ2v) is 3.22. The molecule has 0 amide bonds. The number of nitrogens with zero attached hydrogens (tertiary/aromatic N) is 2. The number of rotatable bonds is 1. The number of carbonyl (C=O) groups is 1. The summed E-state index contributed by atoms with van der Waals surface area (Å²) in [5, 5.41) is 4.83. The Hall–Kier alpha value is -1.71. The highest BCUT2D eigenvalue weighted by molar-refractivity contribution is 5.96. The van der Waals surface area contributed by atoms with Crippen molar-refractivity contribution < 1.29 is 9.18 Å². The largest absolute Gasteiger partial charge is 0.298 e. The highest BCUT2D eigenvalue weighted by atomic mass is 19.1. The van der Waals surface area contributed by atoms with Crippen LogP contribution in [-0.4, -0.2) is 16.1 Å². The smallest absolute Gasteiger partial charge is 0.152 e. The first-order valence-electron chi connectivity index (χ1n) is 4.21. The number of hydrogen-bond donors (Lipinski definition) is 0. The van der Waals surface area contributed by atoms with E-state index in [1.807, 2.05) is 6.92 Å². The fourth-order valence-corrected chi connectivity index (χ4v) is 1.50. The predicted octanol–water partition coefficient (Wildman–Crippen LogP) is 1.83. The summed E-state index contributed by atoms with van der Waals surface area (Å²) in [6.45, 7) is 1.84. The molecule has 0 unspecified atom stereocenters. The minimum atomic E-state index is -0.407. The van der Waals surface area contributed by atoms with Crippen molar-refractivity contribution in [2.45, 2.75) is 6.92 Å². The molecule has 1 aromatic heterocycles. The van der Waals surface area contributed by atoms with Crippen molar-refractivity contribution in [1.82, 2.24) is 9.78 Å². The normalized spacial score (nSPS) is 10.8. The second kappa shape index (κ2) is 2.90. The summed E-state index contributed by atoms with van der Waals surface area (Å²) >= 11 is 0. The number of aldehydes is 1. The zero-order chi connectivity index (χ0) is 10.3. The van der Waals surface area contributed by atoms with E-state index in [2.05, 4.69) is 5.10 Å². The summed E-state index contributed by atoms with van der Waals surface area (Å²) in [5.41, 5.74) is 1.70. The van der Waals surface area contributed by atoms with Gasteiger partial charge in [-0.05, 0) is 19.1 Å². The van der Waals surface area contributed by atoms with Crippen LogP contribution in [-0.2, 0) is 7.05 Å². The van der Waals surface area contributed by atoms with Gasteiger partial charge in [-0.1, -0.05) is 0 Å². The molecule has 0 radical (unpaired) electrons. The Kier molecular flexibility index (Phi) is 1.84. The third-order valence-corrected chi connectivity index (χ3v) is 2.36. The van der Waals surface area contributed by atoms with Crippen LogP contribution in [0.5, 0.6) is 0 Å². The van der Waals surface area contributed by atoms with Crippen molar-refractivity contribution in [3.63, 3.8) is 0 Å². The van der Waals surface area contributed by atoms with Crippen molar-refractivity contribution in [3.8, 4) is 0 Å². The van der Waals surface area contributed by atoms with Crippen molar-refractivity contribution in [2.24, 2.45) is 7.05 Å². The van der Waals surface area contributed by atoms with Gasteiger partial charge in [0, 0.05) is 23.7 Å². The van der Waals surface area contributed by atoms with Gasteiger partial charge in [0.05, 0.1) is 0 Å². The fourth-order valence-electron chi connectivity index (χ4n) is 1.50. The van der Waals surface area contributed by atoms with Crippen molar-refractivity contribution in [2.75, 3.05) is 0 Å². The summed E-state index contributed by atoms with van der Waals surface area (Å²) in [5.74, 6) is -0.407. The Morgan fingerprint density at radius 2 is 2.21 bits per heavy atom. The van der Waals surface area contributed by atoms with E-state index in [0.717, 1.165) is 5.69 Å². The molecule has 0 aliphatic carbocycles. The molecule has 1 heterocycles. The number of aryl methyl sites for hydroxylation is 2. The average molecular weight is 192 g/mol. The van der Waals surface area contributed by atoms with Crippen molar-refractivity contribution in [3.05, 3.63) is 29.2 Å². The molecule has 4 heteroatoms. The maximum atomic E-state index is 13.1. The van der Waals surface area contributed by atoms with Gasteiger partial charge in [0.15, 0.2) is 6.29 Å². The number of carbonyl (C=O) groups excluding carboxylic acids is 1. The minimum absolute atomic E-state index is 0.295. The molecule has 3 nitrogen and oxygen atoms in total. The third kappa shape index (κ3) is 1.11. The van der Waals surface area contributed by atoms with E-state index in [4.69, 9.17) is 0 Å². The lowest BCUT2D eigenvalue weighted by molar-refractivity contribution is 0.112. The van der Waals surface area contributed by atoms with Crippen LogP contribution in [0.15, 0.2) is 12.1 Å². The number of benzene rings is 1. The van der Waals surface area contributed by atoms with Gasteiger partial charge in [-0.3, -0.25) is 9.48 Å². The molecule has 0 fully saturated rings. The molecule has 0 aliphatic heterocycles. The van der Waals surface area contributed by atoms with E-state index in [1.54, 1.807) is 11.7 Å². The summed E-state index contributed by atoms with van der Waals surface area (Å²) in [6, 6.07) is 2.59. The van der Waals surface area contributed by atoms with Crippen LogP contribution in [0.25, 0.3) is 10.9 Å². The standard InChI is InChI=1S/C10H9FN2O/c1-6-9-4-8(11)3-7(5-14)10(9)12-13(6)2/h3-5H,1-2H3. The molecule has 72 valence electrons.